The molecule has 0 spiro atoms. The molecule has 1 aliphatic rings. The van der Waals surface area contributed by atoms with Gasteiger partial charge in [0.25, 0.3) is 5.91 Å². The van der Waals surface area contributed by atoms with Crippen LogP contribution >= 0.6 is 11.3 Å². The van der Waals surface area contributed by atoms with Crippen molar-refractivity contribution < 1.29 is 14.6 Å². The zero-order valence-corrected chi connectivity index (χ0v) is 13.2. The van der Waals surface area contributed by atoms with Crippen LogP contribution in [0.3, 0.4) is 0 Å². The molecule has 0 bridgehead atoms. The zero-order valence-electron chi connectivity index (χ0n) is 12.4. The van der Waals surface area contributed by atoms with Gasteiger partial charge in [0.1, 0.15) is 16.0 Å². The molecular weight excluding hydrogens is 276 g/mol. The van der Waals surface area contributed by atoms with Gasteiger partial charge in [-0.25, -0.2) is 4.98 Å². The Labute approximate surface area is 123 Å². The largest absolute Gasteiger partial charge is 0.391 e. The Bertz CT molecular complexity index is 485. The number of ether oxygens (including phenoxy) is 1. The molecule has 112 valence electrons. The third-order valence-corrected chi connectivity index (χ3v) is 4.99. The molecule has 20 heavy (non-hydrogen) atoms. The fourth-order valence-corrected chi connectivity index (χ4v) is 3.15. The Hall–Kier alpha value is -0.980. The van der Waals surface area contributed by atoms with Crippen molar-refractivity contribution in [3.8, 4) is 0 Å². The fraction of sp³-hybridized carbons (Fsp3) is 0.714. The summed E-state index contributed by atoms with van der Waals surface area (Å²) in [5.74, 6) is 0.297. The van der Waals surface area contributed by atoms with Gasteiger partial charge in [-0.3, -0.25) is 4.79 Å². The molecule has 2 unspecified atom stereocenters. The lowest BCUT2D eigenvalue weighted by Gasteiger charge is -2.20. The van der Waals surface area contributed by atoms with E-state index < -0.39 is 6.10 Å². The molecule has 0 aliphatic heterocycles. The first kappa shape index (κ1) is 15.4. The molecule has 1 amide bonds. The molecule has 0 aromatic carbocycles. The number of hydrogen-bond donors (Lipinski definition) is 1. The Morgan fingerprint density at radius 3 is 2.80 bits per heavy atom. The Morgan fingerprint density at radius 2 is 2.25 bits per heavy atom. The highest BCUT2D eigenvalue weighted by Crippen LogP contribution is 2.33. The SMILES string of the molecule is COC(C)c1nc(C)c(C(=O)N(C)CC(O)C2CC2)s1. The van der Waals surface area contributed by atoms with Gasteiger partial charge >= 0.3 is 0 Å². The molecule has 6 heteroatoms. The van der Waals surface area contributed by atoms with E-state index >= 15 is 0 Å². The molecule has 1 saturated carbocycles. The topological polar surface area (TPSA) is 62.7 Å². The number of carbonyl (C=O) groups is 1. The first-order valence-corrected chi connectivity index (χ1v) is 7.69. The summed E-state index contributed by atoms with van der Waals surface area (Å²) in [7, 11) is 3.35. The van der Waals surface area contributed by atoms with Gasteiger partial charge in [-0.2, -0.15) is 0 Å². The third-order valence-electron chi connectivity index (χ3n) is 3.68. The highest BCUT2D eigenvalue weighted by molar-refractivity contribution is 7.13. The van der Waals surface area contributed by atoms with E-state index in [9.17, 15) is 9.90 Å². The number of hydrogen-bond acceptors (Lipinski definition) is 5. The summed E-state index contributed by atoms with van der Waals surface area (Å²) in [6.07, 6.45) is 1.62. The highest BCUT2D eigenvalue weighted by Gasteiger charge is 2.32. The molecule has 0 saturated heterocycles. The number of carbonyl (C=O) groups excluding carboxylic acids is 1. The minimum Gasteiger partial charge on any atom is -0.391 e. The molecule has 1 aromatic rings. The number of methoxy groups -OCH3 is 1. The van der Waals surface area contributed by atoms with Crippen molar-refractivity contribution in [3.63, 3.8) is 0 Å². The maximum atomic E-state index is 12.4. The van der Waals surface area contributed by atoms with E-state index in [4.69, 9.17) is 4.74 Å². The van der Waals surface area contributed by atoms with Crippen LogP contribution in [0.4, 0.5) is 0 Å². The van der Waals surface area contributed by atoms with Gasteiger partial charge in [0.05, 0.1) is 11.8 Å². The van der Waals surface area contributed by atoms with Gasteiger partial charge < -0.3 is 14.7 Å². The van der Waals surface area contributed by atoms with Crippen molar-refractivity contribution in [1.29, 1.82) is 0 Å². The minimum atomic E-state index is -0.408. The molecule has 2 atom stereocenters. The molecule has 2 rings (SSSR count). The summed E-state index contributed by atoms with van der Waals surface area (Å²) in [6, 6.07) is 0. The average Bonchev–Trinajstić information content (AvgIpc) is 3.20. The smallest absolute Gasteiger partial charge is 0.265 e. The van der Waals surface area contributed by atoms with Gasteiger partial charge in [-0.05, 0) is 32.6 Å². The van der Waals surface area contributed by atoms with E-state index in [1.54, 1.807) is 19.1 Å². The molecule has 0 radical (unpaired) electrons. The molecule has 5 nitrogen and oxygen atoms in total. The second-order valence-electron chi connectivity index (χ2n) is 5.44. The normalized spacial score (nSPS) is 17.9. The second kappa shape index (κ2) is 6.20. The lowest BCUT2D eigenvalue weighted by Crippen LogP contribution is -2.35. The van der Waals surface area contributed by atoms with Crippen LogP contribution in [0.5, 0.6) is 0 Å². The quantitative estimate of drug-likeness (QED) is 0.872. The number of rotatable bonds is 6. The number of amides is 1. The number of nitrogens with zero attached hydrogens (tertiary/aromatic N) is 2. The van der Waals surface area contributed by atoms with E-state index in [-0.39, 0.29) is 12.0 Å². The van der Waals surface area contributed by atoms with Crippen LogP contribution in [0.1, 0.15) is 46.2 Å². The Morgan fingerprint density at radius 1 is 1.60 bits per heavy atom. The van der Waals surface area contributed by atoms with Crippen molar-refractivity contribution in [2.24, 2.45) is 5.92 Å². The predicted molar refractivity (Wildman–Crippen MR) is 78.0 cm³/mol. The third kappa shape index (κ3) is 3.37. The molecule has 1 fully saturated rings. The number of aliphatic hydroxyl groups is 1. The van der Waals surface area contributed by atoms with E-state index in [1.165, 1.54) is 11.3 Å². The van der Waals surface area contributed by atoms with E-state index in [0.29, 0.717) is 17.3 Å². The molecule has 1 aromatic heterocycles. The van der Waals surface area contributed by atoms with Crippen molar-refractivity contribution in [1.82, 2.24) is 9.88 Å². The fourth-order valence-electron chi connectivity index (χ4n) is 2.06. The van der Waals surface area contributed by atoms with Crippen LogP contribution in [-0.2, 0) is 4.74 Å². The van der Waals surface area contributed by atoms with Crippen molar-refractivity contribution in [2.45, 2.75) is 38.9 Å². The van der Waals surface area contributed by atoms with Gasteiger partial charge in [0, 0.05) is 20.7 Å². The number of aliphatic hydroxyl groups excluding tert-OH is 1. The van der Waals surface area contributed by atoms with Crippen molar-refractivity contribution in [2.75, 3.05) is 20.7 Å². The van der Waals surface area contributed by atoms with Crippen molar-refractivity contribution in [3.05, 3.63) is 15.6 Å². The van der Waals surface area contributed by atoms with E-state index in [0.717, 1.165) is 23.5 Å². The number of likely N-dealkylation sites (N-methyl/N-ethyl adjacent to an activating group) is 1. The minimum absolute atomic E-state index is 0.0748. The zero-order chi connectivity index (χ0) is 14.9. The van der Waals surface area contributed by atoms with Crippen molar-refractivity contribution >= 4 is 17.2 Å². The molecular formula is C14H22N2O3S. The molecule has 1 N–H and O–H groups in total. The van der Waals surface area contributed by atoms with Gasteiger partial charge in [0.2, 0.25) is 0 Å². The number of thiazole rings is 1. The summed E-state index contributed by atoms with van der Waals surface area (Å²) in [5.41, 5.74) is 0.728. The molecule has 1 aliphatic carbocycles. The lowest BCUT2D eigenvalue weighted by atomic mass is 10.2. The van der Waals surface area contributed by atoms with Crippen LogP contribution in [0, 0.1) is 12.8 Å². The summed E-state index contributed by atoms with van der Waals surface area (Å²) < 4.78 is 5.23. The van der Waals surface area contributed by atoms with Gasteiger partial charge in [-0.1, -0.05) is 0 Å². The maximum absolute atomic E-state index is 12.4. The summed E-state index contributed by atoms with van der Waals surface area (Å²) >= 11 is 1.37. The predicted octanol–water partition coefficient (Wildman–Crippen LogP) is 2.00. The highest BCUT2D eigenvalue weighted by atomic mass is 32.1. The summed E-state index contributed by atoms with van der Waals surface area (Å²) in [5, 5.41) is 10.7. The van der Waals surface area contributed by atoms with E-state index in [1.807, 2.05) is 13.8 Å². The maximum Gasteiger partial charge on any atom is 0.265 e. The number of aromatic nitrogens is 1. The van der Waals surface area contributed by atoms with Crippen LogP contribution in [0.2, 0.25) is 0 Å². The standard InChI is InChI=1S/C14H22N2O3S/c1-8-12(20-13(15-8)9(2)19-4)14(18)16(3)7-11(17)10-5-6-10/h9-11,17H,5-7H2,1-4H3. The van der Waals surface area contributed by atoms with Crippen LogP contribution < -0.4 is 0 Å². The summed E-state index contributed by atoms with van der Waals surface area (Å²) in [4.78, 5) is 19.0. The van der Waals surface area contributed by atoms with Crippen LogP contribution in [0.25, 0.3) is 0 Å². The van der Waals surface area contributed by atoms with E-state index in [2.05, 4.69) is 4.98 Å². The number of aryl methyl sites for hydroxylation is 1. The monoisotopic (exact) mass is 298 g/mol. The first-order chi connectivity index (χ1) is 9.43. The lowest BCUT2D eigenvalue weighted by molar-refractivity contribution is 0.0649. The average molecular weight is 298 g/mol. The Kier molecular flexibility index (Phi) is 4.78. The summed E-state index contributed by atoms with van der Waals surface area (Å²) in [6.45, 7) is 4.13. The molecule has 1 heterocycles. The first-order valence-electron chi connectivity index (χ1n) is 6.87. The van der Waals surface area contributed by atoms with Crippen LogP contribution in [0.15, 0.2) is 0 Å². The second-order valence-corrected chi connectivity index (χ2v) is 6.47. The van der Waals surface area contributed by atoms with Gasteiger partial charge in [-0.15, -0.1) is 11.3 Å². The van der Waals surface area contributed by atoms with Gasteiger partial charge in [0.15, 0.2) is 0 Å². The Balaban J connectivity index is 2.05. The van der Waals surface area contributed by atoms with Crippen LogP contribution in [-0.4, -0.2) is 47.7 Å².